The Morgan fingerprint density at radius 3 is 2.77 bits per heavy atom. The van der Waals surface area contributed by atoms with Gasteiger partial charge in [-0.3, -0.25) is 14.9 Å². The third-order valence-corrected chi connectivity index (χ3v) is 6.14. The largest absolute Gasteiger partial charge is 0.373 e. The summed E-state index contributed by atoms with van der Waals surface area (Å²) in [7, 11) is 0. The molecule has 2 unspecified atom stereocenters. The molecule has 2 N–H and O–H groups in total. The van der Waals surface area contributed by atoms with Gasteiger partial charge in [-0.25, -0.2) is 0 Å². The second-order valence-corrected chi connectivity index (χ2v) is 8.65. The van der Waals surface area contributed by atoms with Crippen molar-refractivity contribution in [1.82, 2.24) is 10.3 Å². The molecule has 0 radical (unpaired) electrons. The molecule has 0 aliphatic carbocycles. The zero-order valence-corrected chi connectivity index (χ0v) is 17.9. The number of carbonyl (C=O) groups is 1. The number of nitro groups is 1. The molecule has 2 aromatic carbocycles. The van der Waals surface area contributed by atoms with E-state index < -0.39 is 4.92 Å². The predicted octanol–water partition coefficient (Wildman–Crippen LogP) is 4.94. The van der Waals surface area contributed by atoms with Gasteiger partial charge in [-0.05, 0) is 49.1 Å². The summed E-state index contributed by atoms with van der Waals surface area (Å²) in [6.07, 6.45) is 3.99. The molecule has 1 saturated heterocycles. The Balaban J connectivity index is 1.62. The van der Waals surface area contributed by atoms with Crippen LogP contribution in [-0.4, -0.2) is 34.6 Å². The molecule has 162 valence electrons. The van der Waals surface area contributed by atoms with E-state index in [0.29, 0.717) is 18.2 Å². The van der Waals surface area contributed by atoms with Gasteiger partial charge in [0.2, 0.25) is 5.91 Å². The Hall–Kier alpha value is -2.90. The van der Waals surface area contributed by atoms with Crippen LogP contribution in [0.5, 0.6) is 0 Å². The van der Waals surface area contributed by atoms with Gasteiger partial charge in [0.1, 0.15) is 0 Å². The Kier molecular flexibility index (Phi) is 5.98. The zero-order chi connectivity index (χ0) is 22.0. The highest BCUT2D eigenvalue weighted by atomic mass is 35.5. The number of rotatable bonds is 7. The molecule has 0 bridgehead atoms. The Labute approximate surface area is 184 Å². The highest BCUT2D eigenvalue weighted by Gasteiger charge is 2.30. The SMILES string of the molecule is CC1(CNC(=O)CC(c2ccc([N+](=O)[O-])cc2)c2c[nH]c3ccc(Cl)cc23)CCCO1. The van der Waals surface area contributed by atoms with Crippen molar-refractivity contribution in [1.29, 1.82) is 0 Å². The lowest BCUT2D eigenvalue weighted by atomic mass is 9.87. The van der Waals surface area contributed by atoms with Crippen molar-refractivity contribution in [2.75, 3.05) is 13.2 Å². The number of hydrogen-bond acceptors (Lipinski definition) is 4. The number of H-pyrrole nitrogens is 1. The lowest BCUT2D eigenvalue weighted by Crippen LogP contribution is -2.40. The van der Waals surface area contributed by atoms with Crippen LogP contribution in [0, 0.1) is 10.1 Å². The first-order valence-corrected chi connectivity index (χ1v) is 10.6. The fraction of sp³-hybridized carbons (Fsp3) is 0.348. The van der Waals surface area contributed by atoms with Gasteiger partial charge in [-0.2, -0.15) is 0 Å². The van der Waals surface area contributed by atoms with Gasteiger partial charge in [-0.15, -0.1) is 0 Å². The van der Waals surface area contributed by atoms with Gasteiger partial charge in [0, 0.05) is 59.7 Å². The molecule has 2 atom stereocenters. The van der Waals surface area contributed by atoms with Gasteiger partial charge in [-0.1, -0.05) is 23.7 Å². The standard InChI is InChI=1S/C23H24ClN3O4/c1-23(9-2-10-31-23)14-26-22(28)12-18(15-3-6-17(7-4-15)27(29)30)20-13-25-21-8-5-16(24)11-19(20)21/h3-8,11,13,18,25H,2,9-10,12,14H2,1H3,(H,26,28). The van der Waals surface area contributed by atoms with Crippen LogP contribution in [0.15, 0.2) is 48.7 Å². The summed E-state index contributed by atoms with van der Waals surface area (Å²) in [6.45, 7) is 3.18. The van der Waals surface area contributed by atoms with Gasteiger partial charge in [0.15, 0.2) is 0 Å². The summed E-state index contributed by atoms with van der Waals surface area (Å²) in [5.74, 6) is -0.387. The van der Waals surface area contributed by atoms with E-state index in [1.165, 1.54) is 12.1 Å². The number of benzene rings is 2. The Bertz CT molecular complexity index is 1100. The molecule has 3 aromatic rings. The van der Waals surface area contributed by atoms with E-state index in [-0.39, 0.29) is 29.5 Å². The van der Waals surface area contributed by atoms with E-state index in [9.17, 15) is 14.9 Å². The average Bonchev–Trinajstić information content (AvgIpc) is 3.37. The number of nitro benzene ring substituents is 1. The van der Waals surface area contributed by atoms with Crippen LogP contribution in [0.1, 0.15) is 43.2 Å². The van der Waals surface area contributed by atoms with Crippen molar-refractivity contribution in [3.05, 3.63) is 74.9 Å². The van der Waals surface area contributed by atoms with Crippen molar-refractivity contribution < 1.29 is 14.5 Å². The lowest BCUT2D eigenvalue weighted by Gasteiger charge is -2.24. The van der Waals surface area contributed by atoms with E-state index in [2.05, 4.69) is 10.3 Å². The average molecular weight is 442 g/mol. The molecule has 2 heterocycles. The molecule has 7 nitrogen and oxygen atoms in total. The maximum Gasteiger partial charge on any atom is 0.269 e. The van der Waals surface area contributed by atoms with Gasteiger partial charge >= 0.3 is 0 Å². The zero-order valence-electron chi connectivity index (χ0n) is 17.2. The van der Waals surface area contributed by atoms with Crippen LogP contribution < -0.4 is 5.32 Å². The second-order valence-electron chi connectivity index (χ2n) is 8.22. The Morgan fingerprint density at radius 1 is 1.32 bits per heavy atom. The molecule has 8 heteroatoms. The van der Waals surface area contributed by atoms with E-state index >= 15 is 0 Å². The predicted molar refractivity (Wildman–Crippen MR) is 119 cm³/mol. The highest BCUT2D eigenvalue weighted by molar-refractivity contribution is 6.31. The Morgan fingerprint density at radius 2 is 2.10 bits per heavy atom. The number of non-ortho nitro benzene ring substituents is 1. The highest BCUT2D eigenvalue weighted by Crippen LogP contribution is 2.35. The van der Waals surface area contributed by atoms with Gasteiger partial charge in [0.05, 0.1) is 10.5 Å². The normalized spacial score (nSPS) is 19.4. The summed E-state index contributed by atoms with van der Waals surface area (Å²) < 4.78 is 5.76. The van der Waals surface area contributed by atoms with Crippen molar-refractivity contribution >= 4 is 34.1 Å². The molecule has 31 heavy (non-hydrogen) atoms. The number of nitrogens with zero attached hydrogens (tertiary/aromatic N) is 1. The summed E-state index contributed by atoms with van der Waals surface area (Å²) >= 11 is 6.22. The van der Waals surface area contributed by atoms with Crippen LogP contribution in [0.2, 0.25) is 5.02 Å². The first-order chi connectivity index (χ1) is 14.8. The number of hydrogen-bond donors (Lipinski definition) is 2. The number of aromatic nitrogens is 1. The summed E-state index contributed by atoms with van der Waals surface area (Å²) in [4.78, 5) is 26.7. The molecule has 1 aliphatic rings. The van der Waals surface area contributed by atoms with Crippen LogP contribution in [0.4, 0.5) is 5.69 Å². The van der Waals surface area contributed by atoms with Crippen molar-refractivity contribution in [3.8, 4) is 0 Å². The quantitative estimate of drug-likeness (QED) is 0.401. The molecule has 0 saturated carbocycles. The maximum absolute atomic E-state index is 12.9. The van der Waals surface area contributed by atoms with Crippen LogP contribution in [-0.2, 0) is 9.53 Å². The van der Waals surface area contributed by atoms with E-state index in [4.69, 9.17) is 16.3 Å². The molecular weight excluding hydrogens is 418 g/mol. The molecule has 1 aliphatic heterocycles. The van der Waals surface area contributed by atoms with E-state index in [0.717, 1.165) is 34.9 Å². The number of aromatic amines is 1. The summed E-state index contributed by atoms with van der Waals surface area (Å²) in [5.41, 5.74) is 2.35. The lowest BCUT2D eigenvalue weighted by molar-refractivity contribution is -0.384. The van der Waals surface area contributed by atoms with Crippen molar-refractivity contribution in [3.63, 3.8) is 0 Å². The van der Waals surface area contributed by atoms with E-state index in [1.807, 2.05) is 25.3 Å². The van der Waals surface area contributed by atoms with Gasteiger partial charge in [0.25, 0.3) is 5.69 Å². The molecule has 4 rings (SSSR count). The number of nitrogens with one attached hydrogen (secondary N) is 2. The first-order valence-electron chi connectivity index (χ1n) is 10.3. The topological polar surface area (TPSA) is 97.3 Å². The fourth-order valence-electron chi connectivity index (χ4n) is 4.16. The van der Waals surface area contributed by atoms with Crippen LogP contribution in [0.25, 0.3) is 10.9 Å². The summed E-state index contributed by atoms with van der Waals surface area (Å²) in [6, 6.07) is 11.9. The second kappa shape index (κ2) is 8.69. The van der Waals surface area contributed by atoms with Crippen LogP contribution >= 0.6 is 11.6 Å². The minimum Gasteiger partial charge on any atom is -0.373 e. The van der Waals surface area contributed by atoms with Crippen molar-refractivity contribution in [2.45, 2.75) is 37.7 Å². The fourth-order valence-corrected chi connectivity index (χ4v) is 4.33. The molecular formula is C23H24ClN3O4. The first kappa shape index (κ1) is 21.3. The monoisotopic (exact) mass is 441 g/mol. The molecule has 1 aromatic heterocycles. The maximum atomic E-state index is 12.9. The third kappa shape index (κ3) is 4.73. The number of carbonyl (C=O) groups excluding carboxylic acids is 1. The summed E-state index contributed by atoms with van der Waals surface area (Å²) in [5, 5.41) is 15.6. The van der Waals surface area contributed by atoms with E-state index in [1.54, 1.807) is 18.2 Å². The van der Waals surface area contributed by atoms with Gasteiger partial charge < -0.3 is 15.0 Å². The third-order valence-electron chi connectivity index (χ3n) is 5.91. The minimum absolute atomic E-state index is 0.0141. The van der Waals surface area contributed by atoms with Crippen molar-refractivity contribution in [2.24, 2.45) is 0 Å². The number of halogens is 1. The molecule has 1 fully saturated rings. The van der Waals surface area contributed by atoms with Crippen LogP contribution in [0.3, 0.4) is 0 Å². The molecule has 0 spiro atoms. The number of fused-ring (bicyclic) bond motifs is 1. The number of amides is 1. The smallest absolute Gasteiger partial charge is 0.269 e. The molecule has 1 amide bonds. The minimum atomic E-state index is -0.431. The number of ether oxygens (including phenoxy) is 1.